The van der Waals surface area contributed by atoms with Crippen LogP contribution >= 0.6 is 0 Å². The first-order valence-electron chi connectivity index (χ1n) is 4.91. The van der Waals surface area contributed by atoms with Crippen LogP contribution in [0.2, 0.25) is 0 Å². The highest BCUT2D eigenvalue weighted by molar-refractivity contribution is 5.72. The van der Waals surface area contributed by atoms with Crippen LogP contribution in [0.3, 0.4) is 0 Å². The molecule has 0 spiro atoms. The average molecular weight is 196 g/mol. The summed E-state index contributed by atoms with van der Waals surface area (Å²) in [7, 11) is 0. The zero-order chi connectivity index (χ0) is 10.4. The third kappa shape index (κ3) is 3.60. The first-order chi connectivity index (χ1) is 6.72. The van der Waals surface area contributed by atoms with Gasteiger partial charge in [0.25, 0.3) is 0 Å². The lowest BCUT2D eigenvalue weighted by molar-refractivity contribution is -0.119. The second kappa shape index (κ2) is 5.42. The van der Waals surface area contributed by atoms with Gasteiger partial charge in [0.05, 0.1) is 12.2 Å². The monoisotopic (exact) mass is 196 g/mol. The Kier molecular flexibility index (Phi) is 4.16. The van der Waals surface area contributed by atoms with Crippen molar-refractivity contribution in [3.8, 4) is 0 Å². The van der Waals surface area contributed by atoms with Crippen molar-refractivity contribution >= 4 is 5.91 Å². The van der Waals surface area contributed by atoms with Crippen LogP contribution in [0.1, 0.15) is 38.1 Å². The number of unbranched alkanes of at least 4 members (excludes halogenated alkanes) is 1. The van der Waals surface area contributed by atoms with E-state index in [0.717, 1.165) is 25.0 Å². The van der Waals surface area contributed by atoms with E-state index in [4.69, 9.17) is 4.52 Å². The van der Waals surface area contributed by atoms with Gasteiger partial charge in [-0.05, 0) is 12.8 Å². The Balaban J connectivity index is 2.38. The lowest BCUT2D eigenvalue weighted by Crippen LogP contribution is -2.18. The maximum absolute atomic E-state index is 10.6. The fourth-order valence-corrected chi connectivity index (χ4v) is 1.13. The minimum Gasteiger partial charge on any atom is -0.359 e. The van der Waals surface area contributed by atoms with Gasteiger partial charge in [-0.1, -0.05) is 18.5 Å². The van der Waals surface area contributed by atoms with Crippen molar-refractivity contribution in [3.63, 3.8) is 0 Å². The van der Waals surface area contributed by atoms with E-state index in [-0.39, 0.29) is 5.91 Å². The van der Waals surface area contributed by atoms with Crippen LogP contribution in [-0.2, 0) is 17.8 Å². The summed E-state index contributed by atoms with van der Waals surface area (Å²) in [4.78, 5) is 10.6. The van der Waals surface area contributed by atoms with Crippen LogP contribution in [-0.4, -0.2) is 11.1 Å². The summed E-state index contributed by atoms with van der Waals surface area (Å²) in [6.07, 6.45) is 3.21. The van der Waals surface area contributed by atoms with Gasteiger partial charge in [0.15, 0.2) is 5.76 Å². The number of rotatable bonds is 5. The Morgan fingerprint density at radius 3 is 3.07 bits per heavy atom. The van der Waals surface area contributed by atoms with Gasteiger partial charge < -0.3 is 9.84 Å². The molecule has 4 heteroatoms. The number of aromatic nitrogens is 1. The number of hydrogen-bond acceptors (Lipinski definition) is 3. The maximum Gasteiger partial charge on any atom is 0.217 e. The molecule has 0 bridgehead atoms. The Morgan fingerprint density at radius 1 is 1.64 bits per heavy atom. The number of nitrogens with zero attached hydrogens (tertiary/aromatic N) is 1. The summed E-state index contributed by atoms with van der Waals surface area (Å²) in [5.74, 6) is 0.655. The molecule has 0 aliphatic rings. The first kappa shape index (κ1) is 10.8. The number of carbonyl (C=O) groups excluding carboxylic acids is 1. The molecular weight excluding hydrogens is 180 g/mol. The smallest absolute Gasteiger partial charge is 0.217 e. The summed E-state index contributed by atoms with van der Waals surface area (Å²) >= 11 is 0. The fourth-order valence-electron chi connectivity index (χ4n) is 1.13. The van der Waals surface area contributed by atoms with E-state index in [9.17, 15) is 4.79 Å². The molecule has 1 N–H and O–H groups in total. The number of aryl methyl sites for hydroxylation is 1. The highest BCUT2D eigenvalue weighted by Gasteiger charge is 2.03. The Morgan fingerprint density at radius 2 is 2.43 bits per heavy atom. The molecule has 14 heavy (non-hydrogen) atoms. The molecule has 0 aliphatic carbocycles. The van der Waals surface area contributed by atoms with E-state index in [2.05, 4.69) is 17.4 Å². The topological polar surface area (TPSA) is 55.1 Å². The van der Waals surface area contributed by atoms with E-state index >= 15 is 0 Å². The number of nitrogens with one attached hydrogen (secondary N) is 1. The third-order valence-corrected chi connectivity index (χ3v) is 1.91. The van der Waals surface area contributed by atoms with Crippen molar-refractivity contribution < 1.29 is 9.32 Å². The van der Waals surface area contributed by atoms with Gasteiger partial charge in [0.2, 0.25) is 5.91 Å². The molecule has 0 radical (unpaired) electrons. The molecular formula is C10H16N2O2. The van der Waals surface area contributed by atoms with Gasteiger partial charge in [0, 0.05) is 13.0 Å². The van der Waals surface area contributed by atoms with Crippen LogP contribution in [0, 0.1) is 0 Å². The lowest BCUT2D eigenvalue weighted by Gasteiger charge is -1.94. The van der Waals surface area contributed by atoms with Gasteiger partial charge in [-0.15, -0.1) is 0 Å². The highest BCUT2D eigenvalue weighted by atomic mass is 16.5. The fraction of sp³-hybridized carbons (Fsp3) is 0.600. The zero-order valence-electron chi connectivity index (χ0n) is 8.67. The Bertz CT molecular complexity index is 294. The van der Waals surface area contributed by atoms with E-state index in [1.54, 1.807) is 0 Å². The number of carbonyl (C=O) groups is 1. The minimum atomic E-state index is -0.0588. The largest absolute Gasteiger partial charge is 0.359 e. The molecule has 4 nitrogen and oxygen atoms in total. The van der Waals surface area contributed by atoms with E-state index in [1.807, 2.05) is 6.07 Å². The predicted octanol–water partition coefficient (Wildman–Crippen LogP) is 1.65. The molecule has 0 aromatic carbocycles. The Labute approximate surface area is 83.7 Å². The van der Waals surface area contributed by atoms with Crippen molar-refractivity contribution in [1.29, 1.82) is 0 Å². The maximum atomic E-state index is 10.6. The van der Waals surface area contributed by atoms with Crippen LogP contribution in [0.25, 0.3) is 0 Å². The summed E-state index contributed by atoms with van der Waals surface area (Å²) in [5, 5.41) is 6.56. The van der Waals surface area contributed by atoms with Gasteiger partial charge >= 0.3 is 0 Å². The van der Waals surface area contributed by atoms with Gasteiger partial charge in [-0.25, -0.2) is 0 Å². The van der Waals surface area contributed by atoms with Crippen LogP contribution in [0.4, 0.5) is 0 Å². The van der Waals surface area contributed by atoms with Crippen molar-refractivity contribution in [3.05, 3.63) is 17.5 Å². The molecule has 78 valence electrons. The molecule has 0 saturated carbocycles. The Hall–Kier alpha value is -1.32. The third-order valence-electron chi connectivity index (χ3n) is 1.91. The summed E-state index contributed by atoms with van der Waals surface area (Å²) in [6, 6.07) is 1.89. The molecule has 0 fully saturated rings. The van der Waals surface area contributed by atoms with Crippen molar-refractivity contribution in [2.75, 3.05) is 0 Å². The van der Waals surface area contributed by atoms with E-state index < -0.39 is 0 Å². The highest BCUT2D eigenvalue weighted by Crippen LogP contribution is 2.06. The van der Waals surface area contributed by atoms with Crippen LogP contribution < -0.4 is 5.32 Å². The quantitative estimate of drug-likeness (QED) is 0.779. The molecule has 1 amide bonds. The van der Waals surface area contributed by atoms with Crippen molar-refractivity contribution in [2.24, 2.45) is 0 Å². The normalized spacial score (nSPS) is 10.1. The van der Waals surface area contributed by atoms with E-state index in [1.165, 1.54) is 6.92 Å². The molecule has 1 aromatic rings. The van der Waals surface area contributed by atoms with E-state index in [0.29, 0.717) is 12.3 Å². The predicted molar refractivity (Wildman–Crippen MR) is 52.6 cm³/mol. The van der Waals surface area contributed by atoms with Crippen molar-refractivity contribution in [2.45, 2.75) is 39.7 Å². The molecule has 0 aliphatic heterocycles. The van der Waals surface area contributed by atoms with Gasteiger partial charge in [0.1, 0.15) is 0 Å². The molecule has 0 unspecified atom stereocenters. The first-order valence-corrected chi connectivity index (χ1v) is 4.91. The second-order valence-corrected chi connectivity index (χ2v) is 3.30. The SMILES string of the molecule is CCCCc1cc(CNC(C)=O)on1. The lowest BCUT2D eigenvalue weighted by atomic mass is 10.2. The van der Waals surface area contributed by atoms with Crippen LogP contribution in [0.5, 0.6) is 0 Å². The zero-order valence-corrected chi connectivity index (χ0v) is 8.67. The summed E-state index contributed by atoms with van der Waals surface area (Å²) < 4.78 is 5.05. The molecule has 1 aromatic heterocycles. The summed E-state index contributed by atoms with van der Waals surface area (Å²) in [6.45, 7) is 4.04. The molecule has 0 saturated heterocycles. The number of amides is 1. The molecule has 1 heterocycles. The molecule has 0 atom stereocenters. The van der Waals surface area contributed by atoms with Crippen LogP contribution in [0.15, 0.2) is 10.6 Å². The second-order valence-electron chi connectivity index (χ2n) is 3.30. The standard InChI is InChI=1S/C10H16N2O2/c1-3-4-5-9-6-10(14-12-9)7-11-8(2)13/h6H,3-5,7H2,1-2H3,(H,11,13). The molecule has 1 rings (SSSR count). The van der Waals surface area contributed by atoms with Gasteiger partial charge in [-0.2, -0.15) is 0 Å². The van der Waals surface area contributed by atoms with Gasteiger partial charge in [-0.3, -0.25) is 4.79 Å². The van der Waals surface area contributed by atoms with Crippen molar-refractivity contribution in [1.82, 2.24) is 10.5 Å². The number of hydrogen-bond donors (Lipinski definition) is 1. The minimum absolute atomic E-state index is 0.0588. The average Bonchev–Trinajstić information content (AvgIpc) is 2.59. The summed E-state index contributed by atoms with van der Waals surface area (Å²) in [5.41, 5.74) is 0.965.